The average Bonchev–Trinajstić information content (AvgIpc) is 3.11. The van der Waals surface area contributed by atoms with E-state index < -0.39 is 0 Å². The lowest BCUT2D eigenvalue weighted by Crippen LogP contribution is -2.44. The quantitative estimate of drug-likeness (QED) is 0.447. The van der Waals surface area contributed by atoms with Crippen molar-refractivity contribution in [2.24, 2.45) is 0 Å². The van der Waals surface area contributed by atoms with Gasteiger partial charge < -0.3 is 15.1 Å². The molecular weight excluding hydrogens is 428 g/mol. The van der Waals surface area contributed by atoms with Crippen LogP contribution in [-0.4, -0.2) is 62.4 Å². The molecule has 4 heterocycles. The number of pyridine rings is 1. The molecule has 1 aliphatic heterocycles. The molecule has 1 N–H and O–H groups in total. The van der Waals surface area contributed by atoms with E-state index in [9.17, 15) is 4.79 Å². The molecule has 0 spiro atoms. The zero-order chi connectivity index (χ0) is 23.7. The van der Waals surface area contributed by atoms with Gasteiger partial charge in [0, 0.05) is 49.4 Å². The summed E-state index contributed by atoms with van der Waals surface area (Å²) >= 11 is 0. The number of hydrogen-bond donors (Lipinski definition) is 1. The van der Waals surface area contributed by atoms with Gasteiger partial charge in [0.2, 0.25) is 5.95 Å². The monoisotopic (exact) mass is 456 g/mol. The van der Waals surface area contributed by atoms with Crippen LogP contribution in [0, 0.1) is 6.92 Å². The maximum Gasteiger partial charge on any atom is 0.278 e. The Morgan fingerprint density at radius 3 is 2.53 bits per heavy atom. The van der Waals surface area contributed by atoms with Gasteiger partial charge in [-0.2, -0.15) is 4.98 Å². The number of benzene rings is 1. The van der Waals surface area contributed by atoms with Gasteiger partial charge in [0.1, 0.15) is 5.39 Å². The fourth-order valence-corrected chi connectivity index (χ4v) is 4.20. The predicted molar refractivity (Wildman–Crippen MR) is 135 cm³/mol. The minimum Gasteiger partial charge on any atom is -0.369 e. The Hall–Kier alpha value is -3.98. The van der Waals surface area contributed by atoms with Crippen LogP contribution in [0.3, 0.4) is 0 Å². The Morgan fingerprint density at radius 2 is 1.82 bits per heavy atom. The zero-order valence-electron chi connectivity index (χ0n) is 19.5. The first-order chi connectivity index (χ1) is 16.5. The lowest BCUT2D eigenvalue weighted by atomic mass is 10.2. The summed E-state index contributed by atoms with van der Waals surface area (Å²) in [5, 5.41) is 3.70. The second-order valence-electron chi connectivity index (χ2n) is 8.52. The topological polar surface area (TPSA) is 84.1 Å². The Morgan fingerprint density at radius 1 is 1.06 bits per heavy atom. The van der Waals surface area contributed by atoms with Gasteiger partial charge in [-0.25, -0.2) is 19.3 Å². The maximum atomic E-state index is 13.0. The number of hydrogen-bond acceptors (Lipinski definition) is 7. The molecule has 0 aliphatic carbocycles. The van der Waals surface area contributed by atoms with Gasteiger partial charge in [-0.05, 0) is 50.4 Å². The molecule has 0 unspecified atom stereocenters. The summed E-state index contributed by atoms with van der Waals surface area (Å²) in [6, 6.07) is 14.0. The summed E-state index contributed by atoms with van der Waals surface area (Å²) in [6.07, 6.45) is 3.25. The van der Waals surface area contributed by atoms with Crippen LogP contribution in [0.5, 0.6) is 0 Å². The molecule has 1 aliphatic rings. The standard InChI is InChI=1S/C25H28N8O/c1-4-12-32-24(34)21-17-26-25(29-23(21)33(32)22-7-5-6-18(2)27-22)28-19-8-10-20(11-9-19)31-15-13-30(3)14-16-31/h4-11,17H,1,12-16H2,2-3H3,(H,26,28,29). The van der Waals surface area contributed by atoms with Crippen molar-refractivity contribution in [3.63, 3.8) is 0 Å². The minimum atomic E-state index is -0.179. The van der Waals surface area contributed by atoms with Crippen LogP contribution >= 0.6 is 0 Å². The summed E-state index contributed by atoms with van der Waals surface area (Å²) < 4.78 is 3.30. The number of piperazine rings is 1. The second-order valence-corrected chi connectivity index (χ2v) is 8.52. The van der Waals surface area contributed by atoms with Crippen LogP contribution in [0.25, 0.3) is 16.9 Å². The molecule has 174 valence electrons. The van der Waals surface area contributed by atoms with Gasteiger partial charge in [-0.15, -0.1) is 6.58 Å². The lowest BCUT2D eigenvalue weighted by molar-refractivity contribution is 0.313. The molecule has 1 fully saturated rings. The minimum absolute atomic E-state index is 0.179. The fraction of sp³-hybridized carbons (Fsp3) is 0.280. The van der Waals surface area contributed by atoms with E-state index in [-0.39, 0.29) is 5.56 Å². The molecule has 1 aromatic carbocycles. The summed E-state index contributed by atoms with van der Waals surface area (Å²) in [7, 11) is 2.15. The van der Waals surface area contributed by atoms with Gasteiger partial charge in [0.05, 0.1) is 6.54 Å². The molecule has 0 amide bonds. The Labute approximate surface area is 198 Å². The van der Waals surface area contributed by atoms with Crippen molar-refractivity contribution in [3.8, 4) is 5.82 Å². The fourth-order valence-electron chi connectivity index (χ4n) is 4.20. The van der Waals surface area contributed by atoms with Crippen molar-refractivity contribution in [1.29, 1.82) is 0 Å². The number of aryl methyl sites for hydroxylation is 1. The van der Waals surface area contributed by atoms with E-state index >= 15 is 0 Å². The highest BCUT2D eigenvalue weighted by atomic mass is 16.1. The van der Waals surface area contributed by atoms with Gasteiger partial charge >= 0.3 is 0 Å². The summed E-state index contributed by atoms with van der Waals surface area (Å²) in [4.78, 5) is 31.5. The van der Waals surface area contributed by atoms with Crippen molar-refractivity contribution in [3.05, 3.63) is 77.4 Å². The molecular formula is C25H28N8O. The third-order valence-corrected chi connectivity index (χ3v) is 6.06. The first-order valence-electron chi connectivity index (χ1n) is 11.4. The molecule has 0 atom stereocenters. The van der Waals surface area contributed by atoms with E-state index in [1.54, 1.807) is 21.6 Å². The Kier molecular flexibility index (Phi) is 5.85. The van der Waals surface area contributed by atoms with Crippen LogP contribution < -0.4 is 15.8 Å². The normalized spacial score (nSPS) is 14.5. The number of nitrogens with zero attached hydrogens (tertiary/aromatic N) is 7. The number of fused-ring (bicyclic) bond motifs is 1. The van der Waals surface area contributed by atoms with E-state index in [2.05, 4.69) is 50.8 Å². The number of rotatable bonds is 6. The van der Waals surface area contributed by atoms with Gasteiger partial charge in [0.25, 0.3) is 5.56 Å². The second kappa shape index (κ2) is 9.11. The lowest BCUT2D eigenvalue weighted by Gasteiger charge is -2.34. The van der Waals surface area contributed by atoms with Crippen molar-refractivity contribution in [2.45, 2.75) is 13.5 Å². The van der Waals surface area contributed by atoms with Crippen molar-refractivity contribution >= 4 is 28.4 Å². The zero-order valence-corrected chi connectivity index (χ0v) is 19.5. The smallest absolute Gasteiger partial charge is 0.278 e. The number of nitrogens with one attached hydrogen (secondary N) is 1. The third kappa shape index (κ3) is 4.17. The molecule has 0 bridgehead atoms. The number of likely N-dealkylation sites (N-methyl/N-ethyl adjacent to an activating group) is 1. The van der Waals surface area contributed by atoms with Crippen LogP contribution in [0.1, 0.15) is 5.69 Å². The molecule has 9 nitrogen and oxygen atoms in total. The molecule has 3 aromatic heterocycles. The van der Waals surface area contributed by atoms with Crippen molar-refractivity contribution < 1.29 is 0 Å². The Balaban J connectivity index is 1.47. The SMILES string of the molecule is C=CCn1c(=O)c2cnc(Nc3ccc(N4CCN(C)CC4)cc3)nc2n1-c1cccc(C)n1. The molecule has 34 heavy (non-hydrogen) atoms. The highest BCUT2D eigenvalue weighted by Crippen LogP contribution is 2.22. The molecule has 5 rings (SSSR count). The summed E-state index contributed by atoms with van der Waals surface area (Å²) in [5.74, 6) is 1.03. The van der Waals surface area contributed by atoms with Crippen LogP contribution in [0.4, 0.5) is 17.3 Å². The first kappa shape index (κ1) is 21.8. The number of allylic oxidation sites excluding steroid dienone is 1. The number of aromatic nitrogens is 5. The van der Waals surface area contributed by atoms with E-state index in [0.29, 0.717) is 29.3 Å². The molecule has 0 radical (unpaired) electrons. The highest BCUT2D eigenvalue weighted by Gasteiger charge is 2.18. The van der Waals surface area contributed by atoms with Crippen LogP contribution in [0.2, 0.25) is 0 Å². The van der Waals surface area contributed by atoms with Crippen molar-refractivity contribution in [1.82, 2.24) is 29.2 Å². The molecule has 1 saturated heterocycles. The summed E-state index contributed by atoms with van der Waals surface area (Å²) in [5.41, 5.74) is 3.25. The largest absolute Gasteiger partial charge is 0.369 e. The average molecular weight is 457 g/mol. The van der Waals surface area contributed by atoms with E-state index in [1.807, 2.05) is 37.3 Å². The van der Waals surface area contributed by atoms with Crippen molar-refractivity contribution in [2.75, 3.05) is 43.4 Å². The van der Waals surface area contributed by atoms with Gasteiger partial charge in [-0.3, -0.25) is 4.79 Å². The van der Waals surface area contributed by atoms with Gasteiger partial charge in [0.15, 0.2) is 11.5 Å². The molecule has 4 aromatic rings. The van der Waals surface area contributed by atoms with Crippen LogP contribution in [0.15, 0.2) is 66.1 Å². The molecule has 0 saturated carbocycles. The first-order valence-corrected chi connectivity index (χ1v) is 11.4. The summed E-state index contributed by atoms with van der Waals surface area (Å²) in [6.45, 7) is 10.2. The molecule has 9 heteroatoms. The predicted octanol–water partition coefficient (Wildman–Crippen LogP) is 2.97. The highest BCUT2D eigenvalue weighted by molar-refractivity contribution is 5.77. The maximum absolute atomic E-state index is 13.0. The van der Waals surface area contributed by atoms with Gasteiger partial charge in [-0.1, -0.05) is 12.1 Å². The van der Waals surface area contributed by atoms with E-state index in [4.69, 9.17) is 4.98 Å². The van der Waals surface area contributed by atoms with E-state index in [0.717, 1.165) is 37.6 Å². The van der Waals surface area contributed by atoms with Crippen LogP contribution in [-0.2, 0) is 6.54 Å². The Bertz CT molecular complexity index is 1380. The van der Waals surface area contributed by atoms with E-state index in [1.165, 1.54) is 5.69 Å². The number of anilines is 3. The third-order valence-electron chi connectivity index (χ3n) is 6.06.